The van der Waals surface area contributed by atoms with Crippen molar-refractivity contribution in [2.75, 3.05) is 11.1 Å². The second-order valence-electron chi connectivity index (χ2n) is 7.06. The van der Waals surface area contributed by atoms with Crippen LogP contribution < -0.4 is 5.32 Å². The topological polar surface area (TPSA) is 71.0 Å². The summed E-state index contributed by atoms with van der Waals surface area (Å²) in [6.07, 6.45) is 1.62. The Morgan fingerprint density at radius 1 is 1.13 bits per heavy atom. The molecule has 0 aliphatic carbocycles. The molecular weight excluding hydrogens is 394 g/mol. The number of carbonyl (C=O) groups is 1. The van der Waals surface area contributed by atoms with Crippen molar-refractivity contribution in [2.45, 2.75) is 25.3 Å². The van der Waals surface area contributed by atoms with Gasteiger partial charge in [-0.3, -0.25) is 4.79 Å². The summed E-state index contributed by atoms with van der Waals surface area (Å²) in [6.45, 7) is 4.29. The lowest BCUT2D eigenvalue weighted by Crippen LogP contribution is -2.18. The van der Waals surface area contributed by atoms with Crippen LogP contribution in [0.15, 0.2) is 70.2 Å². The molecule has 0 saturated heterocycles. The zero-order valence-corrected chi connectivity index (χ0v) is 17.6. The molecule has 150 valence electrons. The van der Waals surface area contributed by atoms with E-state index < -0.39 is 0 Å². The number of anilines is 1. The Morgan fingerprint density at radius 2 is 1.93 bits per heavy atom. The van der Waals surface area contributed by atoms with Crippen molar-refractivity contribution in [2.24, 2.45) is 0 Å². The minimum atomic E-state index is -0.150. The van der Waals surface area contributed by atoms with Crippen LogP contribution in [0, 0.1) is 25.2 Å². The average molecular weight is 416 g/mol. The van der Waals surface area contributed by atoms with Crippen molar-refractivity contribution in [3.63, 3.8) is 0 Å². The number of carbonyl (C=O) groups excluding carboxylic acids is 1. The maximum Gasteiger partial charge on any atom is 0.235 e. The lowest BCUT2D eigenvalue weighted by atomic mass is 10.1. The third kappa shape index (κ3) is 3.98. The number of nitrogens with one attached hydrogen (secondary N) is 1. The standard InChI is InChI=1S/C24H21N3O2S/c1-16-17(2)27(14-20-8-5-11-29-20)24(22(16)13-25)26-23(28)15-30-21-10-9-18-6-3-4-7-19(18)12-21/h3-12H,14-15H2,1-2H3,(H,26,28). The number of hydrogen-bond acceptors (Lipinski definition) is 4. The molecule has 4 aromatic rings. The van der Waals surface area contributed by atoms with Crippen LogP contribution in [0.5, 0.6) is 0 Å². The van der Waals surface area contributed by atoms with Crippen molar-refractivity contribution < 1.29 is 9.21 Å². The molecule has 4 rings (SSSR count). The minimum Gasteiger partial charge on any atom is -0.467 e. The number of nitriles is 1. The van der Waals surface area contributed by atoms with E-state index in [0.29, 0.717) is 17.9 Å². The highest BCUT2D eigenvalue weighted by atomic mass is 32.2. The van der Waals surface area contributed by atoms with E-state index in [4.69, 9.17) is 4.42 Å². The largest absolute Gasteiger partial charge is 0.467 e. The third-order valence-electron chi connectivity index (χ3n) is 5.18. The van der Waals surface area contributed by atoms with E-state index in [1.807, 2.05) is 48.7 Å². The summed E-state index contributed by atoms with van der Waals surface area (Å²) in [6, 6.07) is 20.2. The van der Waals surface area contributed by atoms with Crippen molar-refractivity contribution in [3.05, 3.63) is 83.4 Å². The molecule has 1 amide bonds. The van der Waals surface area contributed by atoms with Crippen molar-refractivity contribution in [1.29, 1.82) is 5.26 Å². The highest BCUT2D eigenvalue weighted by Crippen LogP contribution is 2.28. The summed E-state index contributed by atoms with van der Waals surface area (Å²) in [5, 5.41) is 14.9. The van der Waals surface area contributed by atoms with Gasteiger partial charge >= 0.3 is 0 Å². The number of aromatic nitrogens is 1. The summed E-state index contributed by atoms with van der Waals surface area (Å²) >= 11 is 1.48. The fourth-order valence-electron chi connectivity index (χ4n) is 3.46. The van der Waals surface area contributed by atoms with Gasteiger partial charge in [-0.25, -0.2) is 0 Å². The molecule has 6 heteroatoms. The molecule has 2 heterocycles. The van der Waals surface area contributed by atoms with Crippen LogP contribution in [-0.4, -0.2) is 16.2 Å². The molecule has 0 aliphatic rings. The summed E-state index contributed by atoms with van der Waals surface area (Å²) in [7, 11) is 0. The summed E-state index contributed by atoms with van der Waals surface area (Å²) < 4.78 is 7.38. The van der Waals surface area contributed by atoms with Crippen LogP contribution in [0.25, 0.3) is 10.8 Å². The number of amides is 1. The maximum atomic E-state index is 12.7. The molecular formula is C24H21N3O2S. The Labute approximate surface area is 179 Å². The number of nitrogens with zero attached hydrogens (tertiary/aromatic N) is 2. The Kier molecular flexibility index (Phi) is 5.64. The quantitative estimate of drug-likeness (QED) is 0.422. The van der Waals surface area contributed by atoms with Crippen LogP contribution in [0.4, 0.5) is 5.82 Å². The van der Waals surface area contributed by atoms with Gasteiger partial charge in [0.15, 0.2) is 0 Å². The molecule has 0 aliphatic heterocycles. The van der Waals surface area contributed by atoms with Crippen molar-refractivity contribution in [1.82, 2.24) is 4.57 Å². The molecule has 0 fully saturated rings. The van der Waals surface area contributed by atoms with Gasteiger partial charge in [-0.2, -0.15) is 5.26 Å². The summed E-state index contributed by atoms with van der Waals surface area (Å²) in [5.74, 6) is 1.39. The van der Waals surface area contributed by atoms with Gasteiger partial charge in [0, 0.05) is 10.6 Å². The van der Waals surface area contributed by atoms with Crippen LogP contribution in [0.3, 0.4) is 0 Å². The van der Waals surface area contributed by atoms with Gasteiger partial charge < -0.3 is 14.3 Å². The van der Waals surface area contributed by atoms with Crippen LogP contribution in [0.2, 0.25) is 0 Å². The molecule has 2 aromatic carbocycles. The number of fused-ring (bicyclic) bond motifs is 1. The predicted octanol–water partition coefficient (Wildman–Crippen LogP) is 5.50. The third-order valence-corrected chi connectivity index (χ3v) is 6.18. The average Bonchev–Trinajstić information content (AvgIpc) is 3.35. The highest BCUT2D eigenvalue weighted by Gasteiger charge is 2.20. The van der Waals surface area contributed by atoms with E-state index in [0.717, 1.165) is 27.3 Å². The minimum absolute atomic E-state index is 0.150. The lowest BCUT2D eigenvalue weighted by Gasteiger charge is -2.12. The van der Waals surface area contributed by atoms with Gasteiger partial charge in [-0.1, -0.05) is 30.3 Å². The predicted molar refractivity (Wildman–Crippen MR) is 120 cm³/mol. The van der Waals surface area contributed by atoms with Crippen molar-refractivity contribution >= 4 is 34.3 Å². The van der Waals surface area contributed by atoms with E-state index in [9.17, 15) is 10.1 Å². The number of furan rings is 1. The van der Waals surface area contributed by atoms with Gasteiger partial charge in [0.25, 0.3) is 0 Å². The van der Waals surface area contributed by atoms with E-state index in [2.05, 4.69) is 35.7 Å². The Balaban J connectivity index is 1.52. The molecule has 0 bridgehead atoms. The lowest BCUT2D eigenvalue weighted by molar-refractivity contribution is -0.113. The van der Waals surface area contributed by atoms with Crippen LogP contribution >= 0.6 is 11.8 Å². The van der Waals surface area contributed by atoms with E-state index in [1.165, 1.54) is 17.1 Å². The second kappa shape index (κ2) is 8.52. The fraction of sp³-hybridized carbons (Fsp3) is 0.167. The number of thioether (sulfide) groups is 1. The van der Waals surface area contributed by atoms with E-state index in [-0.39, 0.29) is 11.7 Å². The first-order chi connectivity index (χ1) is 14.6. The smallest absolute Gasteiger partial charge is 0.235 e. The number of benzene rings is 2. The molecule has 1 N–H and O–H groups in total. The van der Waals surface area contributed by atoms with Gasteiger partial charge in [0.2, 0.25) is 5.91 Å². The van der Waals surface area contributed by atoms with Gasteiger partial charge in [-0.05, 0) is 54.4 Å². The zero-order valence-electron chi connectivity index (χ0n) is 16.8. The van der Waals surface area contributed by atoms with Gasteiger partial charge in [0.1, 0.15) is 17.6 Å². The highest BCUT2D eigenvalue weighted by molar-refractivity contribution is 8.00. The van der Waals surface area contributed by atoms with Gasteiger partial charge in [0.05, 0.1) is 24.1 Å². The first-order valence-corrected chi connectivity index (χ1v) is 10.6. The summed E-state index contributed by atoms with van der Waals surface area (Å²) in [5.41, 5.74) is 2.28. The Bertz CT molecular complexity index is 1250. The normalized spacial score (nSPS) is 10.8. The molecule has 0 unspecified atom stereocenters. The molecule has 2 aromatic heterocycles. The Morgan fingerprint density at radius 3 is 2.67 bits per heavy atom. The van der Waals surface area contributed by atoms with E-state index in [1.54, 1.807) is 6.26 Å². The molecule has 0 spiro atoms. The molecule has 0 saturated carbocycles. The second-order valence-corrected chi connectivity index (χ2v) is 8.11. The SMILES string of the molecule is Cc1c(C#N)c(NC(=O)CSc2ccc3ccccc3c2)n(Cc2ccco2)c1C. The molecule has 0 atom stereocenters. The maximum absolute atomic E-state index is 12.7. The van der Waals surface area contributed by atoms with Gasteiger partial charge in [-0.15, -0.1) is 11.8 Å². The molecule has 5 nitrogen and oxygen atoms in total. The van der Waals surface area contributed by atoms with E-state index >= 15 is 0 Å². The number of rotatable bonds is 6. The monoisotopic (exact) mass is 415 g/mol. The molecule has 30 heavy (non-hydrogen) atoms. The first kappa shape index (κ1) is 19.9. The van der Waals surface area contributed by atoms with Crippen LogP contribution in [-0.2, 0) is 11.3 Å². The first-order valence-electron chi connectivity index (χ1n) is 9.60. The summed E-state index contributed by atoms with van der Waals surface area (Å²) in [4.78, 5) is 13.7. The van der Waals surface area contributed by atoms with Crippen molar-refractivity contribution in [3.8, 4) is 6.07 Å². The molecule has 0 radical (unpaired) electrons. The van der Waals surface area contributed by atoms with Crippen LogP contribution in [0.1, 0.15) is 22.6 Å². The number of hydrogen-bond donors (Lipinski definition) is 1. The fourth-order valence-corrected chi connectivity index (χ4v) is 4.21. The zero-order chi connectivity index (χ0) is 21.1. The Hall–Kier alpha value is -3.43.